The number of nitrogens with zero attached hydrogens (tertiary/aromatic N) is 2. The van der Waals surface area contributed by atoms with Gasteiger partial charge in [-0.25, -0.2) is 0 Å². The fourth-order valence-electron chi connectivity index (χ4n) is 2.60. The van der Waals surface area contributed by atoms with E-state index in [4.69, 9.17) is 0 Å². The molecule has 6 heteroatoms. The lowest BCUT2D eigenvalue weighted by Crippen LogP contribution is -2.41. The summed E-state index contributed by atoms with van der Waals surface area (Å²) in [5.74, 6) is -0.121. The van der Waals surface area contributed by atoms with Gasteiger partial charge in [-0.2, -0.15) is 0 Å². The first-order chi connectivity index (χ1) is 10.1. The first kappa shape index (κ1) is 18.5. The number of nitrogens with one attached hydrogen (secondary N) is 1. The van der Waals surface area contributed by atoms with Crippen LogP contribution in [0.3, 0.4) is 0 Å². The van der Waals surface area contributed by atoms with Crippen molar-refractivity contribution in [3.63, 3.8) is 0 Å². The molecule has 0 aliphatic carbocycles. The SMILES string of the molecule is CCN(CC)C(=O)CN(C)C(=O)c1ccc2c(c1)CNC2.Cl. The molecule has 0 radical (unpaired) electrons. The first-order valence-electron chi connectivity index (χ1n) is 7.42. The molecule has 1 aliphatic heterocycles. The van der Waals surface area contributed by atoms with Crippen LogP contribution in [-0.4, -0.2) is 48.3 Å². The maximum atomic E-state index is 12.4. The standard InChI is InChI=1S/C16H23N3O2.ClH/c1-4-19(5-2)15(20)11-18(3)16(21)12-6-7-13-9-17-10-14(13)8-12;/h6-8,17H,4-5,9-11H2,1-3H3;1H. The maximum Gasteiger partial charge on any atom is 0.254 e. The Morgan fingerprint density at radius 1 is 1.14 bits per heavy atom. The zero-order chi connectivity index (χ0) is 15.4. The third kappa shape index (κ3) is 3.99. The van der Waals surface area contributed by atoms with Gasteiger partial charge < -0.3 is 15.1 Å². The van der Waals surface area contributed by atoms with E-state index in [1.807, 2.05) is 32.0 Å². The van der Waals surface area contributed by atoms with Crippen LogP contribution in [0.15, 0.2) is 18.2 Å². The van der Waals surface area contributed by atoms with Crippen molar-refractivity contribution in [1.82, 2.24) is 15.1 Å². The molecular weight excluding hydrogens is 302 g/mol. The molecule has 2 rings (SSSR count). The number of hydrogen-bond acceptors (Lipinski definition) is 3. The van der Waals surface area contributed by atoms with Gasteiger partial charge in [0.25, 0.3) is 5.91 Å². The number of hydrogen-bond donors (Lipinski definition) is 1. The first-order valence-corrected chi connectivity index (χ1v) is 7.42. The normalized spacial score (nSPS) is 12.3. The lowest BCUT2D eigenvalue weighted by atomic mass is 10.1. The quantitative estimate of drug-likeness (QED) is 0.895. The zero-order valence-corrected chi connectivity index (χ0v) is 14.2. The lowest BCUT2D eigenvalue weighted by molar-refractivity contribution is -0.131. The number of amides is 2. The third-order valence-electron chi connectivity index (χ3n) is 3.92. The Bertz CT molecular complexity index is 544. The summed E-state index contributed by atoms with van der Waals surface area (Å²) in [5, 5.41) is 3.26. The molecule has 1 heterocycles. The van der Waals surface area contributed by atoms with Gasteiger partial charge in [0, 0.05) is 38.8 Å². The van der Waals surface area contributed by atoms with Gasteiger partial charge >= 0.3 is 0 Å². The predicted octanol–water partition coefficient (Wildman–Crippen LogP) is 1.65. The molecule has 122 valence electrons. The summed E-state index contributed by atoms with van der Waals surface area (Å²) >= 11 is 0. The van der Waals surface area contributed by atoms with E-state index in [0.29, 0.717) is 18.7 Å². The third-order valence-corrected chi connectivity index (χ3v) is 3.92. The van der Waals surface area contributed by atoms with Gasteiger partial charge in [-0.15, -0.1) is 12.4 Å². The molecule has 0 fully saturated rings. The summed E-state index contributed by atoms with van der Waals surface area (Å²) in [6.45, 7) is 7.01. The van der Waals surface area contributed by atoms with E-state index >= 15 is 0 Å². The molecule has 1 aromatic rings. The smallest absolute Gasteiger partial charge is 0.254 e. The molecule has 0 aromatic heterocycles. The highest BCUT2D eigenvalue weighted by Gasteiger charge is 2.19. The predicted molar refractivity (Wildman–Crippen MR) is 89.1 cm³/mol. The molecule has 0 atom stereocenters. The van der Waals surface area contributed by atoms with Crippen molar-refractivity contribution in [1.29, 1.82) is 0 Å². The van der Waals surface area contributed by atoms with Crippen LogP contribution < -0.4 is 5.32 Å². The summed E-state index contributed by atoms with van der Waals surface area (Å²) in [4.78, 5) is 27.7. The molecule has 1 N–H and O–H groups in total. The lowest BCUT2D eigenvalue weighted by Gasteiger charge is -2.23. The van der Waals surface area contributed by atoms with Gasteiger partial charge in [0.05, 0.1) is 6.54 Å². The van der Waals surface area contributed by atoms with Crippen LogP contribution in [-0.2, 0) is 17.9 Å². The van der Waals surface area contributed by atoms with Gasteiger partial charge in [-0.05, 0) is 37.1 Å². The molecule has 22 heavy (non-hydrogen) atoms. The zero-order valence-electron chi connectivity index (χ0n) is 13.4. The van der Waals surface area contributed by atoms with Crippen molar-refractivity contribution >= 4 is 24.2 Å². The van der Waals surface area contributed by atoms with E-state index in [-0.39, 0.29) is 30.8 Å². The summed E-state index contributed by atoms with van der Waals surface area (Å²) in [5.41, 5.74) is 3.06. The minimum Gasteiger partial charge on any atom is -0.342 e. The van der Waals surface area contributed by atoms with Gasteiger partial charge in [0.2, 0.25) is 5.91 Å². The topological polar surface area (TPSA) is 52.7 Å². The van der Waals surface area contributed by atoms with E-state index in [9.17, 15) is 9.59 Å². The highest BCUT2D eigenvalue weighted by atomic mass is 35.5. The molecule has 1 aromatic carbocycles. The molecule has 5 nitrogen and oxygen atoms in total. The van der Waals surface area contributed by atoms with Gasteiger partial charge in [-0.1, -0.05) is 6.07 Å². The second kappa shape index (κ2) is 8.15. The molecule has 0 spiro atoms. The minimum absolute atomic E-state index is 0. The van der Waals surface area contributed by atoms with E-state index < -0.39 is 0 Å². The fraction of sp³-hybridized carbons (Fsp3) is 0.500. The van der Waals surface area contributed by atoms with Gasteiger partial charge in [0.1, 0.15) is 0 Å². The van der Waals surface area contributed by atoms with Crippen LogP contribution in [0.1, 0.15) is 35.3 Å². The van der Waals surface area contributed by atoms with Gasteiger partial charge in [0.15, 0.2) is 0 Å². The number of halogens is 1. The van der Waals surface area contributed by atoms with Crippen LogP contribution >= 0.6 is 12.4 Å². The Hall–Kier alpha value is -1.59. The summed E-state index contributed by atoms with van der Waals surface area (Å²) in [7, 11) is 1.68. The van der Waals surface area contributed by atoms with Crippen molar-refractivity contribution in [3.8, 4) is 0 Å². The average Bonchev–Trinajstić information content (AvgIpc) is 2.94. The molecule has 0 bridgehead atoms. The van der Waals surface area contributed by atoms with Crippen molar-refractivity contribution in [2.75, 3.05) is 26.7 Å². The van der Waals surface area contributed by atoms with Crippen LogP contribution in [0.25, 0.3) is 0 Å². The van der Waals surface area contributed by atoms with Crippen LogP contribution in [0.5, 0.6) is 0 Å². The number of rotatable bonds is 5. The van der Waals surface area contributed by atoms with Gasteiger partial charge in [-0.3, -0.25) is 9.59 Å². The number of carbonyl (C=O) groups is 2. The van der Waals surface area contributed by atoms with Crippen LogP contribution in [0.2, 0.25) is 0 Å². The maximum absolute atomic E-state index is 12.4. The van der Waals surface area contributed by atoms with Crippen LogP contribution in [0.4, 0.5) is 0 Å². The Kier molecular flexibility index (Phi) is 6.84. The number of fused-ring (bicyclic) bond motifs is 1. The van der Waals surface area contributed by atoms with E-state index in [2.05, 4.69) is 5.32 Å². The molecule has 2 amide bonds. The van der Waals surface area contributed by atoms with Crippen molar-refractivity contribution in [3.05, 3.63) is 34.9 Å². The fourth-order valence-corrected chi connectivity index (χ4v) is 2.60. The highest BCUT2D eigenvalue weighted by Crippen LogP contribution is 2.17. The average molecular weight is 326 g/mol. The monoisotopic (exact) mass is 325 g/mol. The number of carbonyl (C=O) groups excluding carboxylic acids is 2. The Labute approximate surface area is 138 Å². The second-order valence-electron chi connectivity index (χ2n) is 5.31. The number of likely N-dealkylation sites (N-methyl/N-ethyl adjacent to an activating group) is 2. The summed E-state index contributed by atoms with van der Waals surface area (Å²) in [6, 6.07) is 5.76. The highest BCUT2D eigenvalue weighted by molar-refractivity contribution is 5.96. The van der Waals surface area contributed by atoms with Crippen molar-refractivity contribution in [2.45, 2.75) is 26.9 Å². The minimum atomic E-state index is -0.106. The molecular formula is C16H24ClN3O2. The Morgan fingerprint density at radius 3 is 2.41 bits per heavy atom. The second-order valence-corrected chi connectivity index (χ2v) is 5.31. The Morgan fingerprint density at radius 2 is 1.77 bits per heavy atom. The molecule has 1 aliphatic rings. The summed E-state index contributed by atoms with van der Waals surface area (Å²) in [6.07, 6.45) is 0. The van der Waals surface area contributed by atoms with Crippen LogP contribution in [0, 0.1) is 0 Å². The molecule has 0 saturated carbocycles. The van der Waals surface area contributed by atoms with E-state index in [1.165, 1.54) is 16.0 Å². The van der Waals surface area contributed by atoms with Crippen molar-refractivity contribution in [2.24, 2.45) is 0 Å². The van der Waals surface area contributed by atoms with E-state index in [0.717, 1.165) is 13.1 Å². The summed E-state index contributed by atoms with van der Waals surface area (Å²) < 4.78 is 0. The Balaban J connectivity index is 0.00000242. The van der Waals surface area contributed by atoms with E-state index in [1.54, 1.807) is 11.9 Å². The number of benzene rings is 1. The van der Waals surface area contributed by atoms with Crippen molar-refractivity contribution < 1.29 is 9.59 Å². The molecule has 0 saturated heterocycles. The molecule has 0 unspecified atom stereocenters. The largest absolute Gasteiger partial charge is 0.342 e.